The number of primary amides is 1. The van der Waals surface area contributed by atoms with E-state index in [1.165, 1.54) is 18.2 Å². The Morgan fingerprint density at radius 1 is 1.29 bits per heavy atom. The van der Waals surface area contributed by atoms with Crippen molar-refractivity contribution in [2.45, 2.75) is 26.4 Å². The van der Waals surface area contributed by atoms with Crippen LogP contribution in [0, 0.1) is 11.7 Å². The number of carbonyl (C=O) groups is 3. The second-order valence-electron chi connectivity index (χ2n) is 4.78. The van der Waals surface area contributed by atoms with Gasteiger partial charge in [-0.15, -0.1) is 0 Å². The number of urea groups is 1. The molecule has 114 valence electrons. The van der Waals surface area contributed by atoms with E-state index < -0.39 is 29.8 Å². The maximum atomic E-state index is 13.4. The molecule has 0 spiro atoms. The van der Waals surface area contributed by atoms with Crippen LogP contribution in [-0.2, 0) is 20.7 Å². The Morgan fingerprint density at radius 2 is 1.90 bits per heavy atom. The van der Waals surface area contributed by atoms with E-state index in [1.54, 1.807) is 19.9 Å². The number of hydrogen-bond acceptors (Lipinski definition) is 4. The van der Waals surface area contributed by atoms with Crippen LogP contribution < -0.4 is 11.1 Å². The van der Waals surface area contributed by atoms with Crippen LogP contribution in [-0.4, -0.2) is 24.0 Å². The van der Waals surface area contributed by atoms with Crippen molar-refractivity contribution in [3.63, 3.8) is 0 Å². The first kappa shape index (κ1) is 16.6. The summed E-state index contributed by atoms with van der Waals surface area (Å²) in [4.78, 5) is 34.1. The summed E-state index contributed by atoms with van der Waals surface area (Å²) < 4.78 is 18.4. The third-order valence-corrected chi connectivity index (χ3v) is 2.66. The lowest BCUT2D eigenvalue weighted by Gasteiger charge is -2.19. The maximum Gasteiger partial charge on any atom is 0.318 e. The number of ether oxygens (including phenoxy) is 1. The molecule has 0 aliphatic rings. The van der Waals surface area contributed by atoms with Gasteiger partial charge in [0.25, 0.3) is 5.91 Å². The molecule has 0 aromatic heterocycles. The van der Waals surface area contributed by atoms with E-state index in [4.69, 9.17) is 10.5 Å². The minimum atomic E-state index is -1.17. The molecule has 0 unspecified atom stereocenters. The molecule has 0 aliphatic carbocycles. The summed E-state index contributed by atoms with van der Waals surface area (Å²) in [5.41, 5.74) is 5.01. The molecular weight excluding hydrogens is 279 g/mol. The molecular formula is C14H17FN2O4. The van der Waals surface area contributed by atoms with Crippen LogP contribution in [0.15, 0.2) is 24.3 Å². The monoisotopic (exact) mass is 296 g/mol. The van der Waals surface area contributed by atoms with Gasteiger partial charge >= 0.3 is 12.0 Å². The fraction of sp³-hybridized carbons (Fsp3) is 0.357. The van der Waals surface area contributed by atoms with Gasteiger partial charge in [0.05, 0.1) is 6.42 Å². The van der Waals surface area contributed by atoms with Gasteiger partial charge in [0.2, 0.25) is 0 Å². The van der Waals surface area contributed by atoms with Gasteiger partial charge in [0.15, 0.2) is 6.10 Å². The quantitative estimate of drug-likeness (QED) is 0.796. The van der Waals surface area contributed by atoms with Gasteiger partial charge < -0.3 is 10.5 Å². The predicted octanol–water partition coefficient (Wildman–Crippen LogP) is 1.13. The molecule has 0 heterocycles. The van der Waals surface area contributed by atoms with Crippen molar-refractivity contribution in [3.8, 4) is 0 Å². The van der Waals surface area contributed by atoms with Crippen molar-refractivity contribution < 1.29 is 23.5 Å². The fourth-order valence-electron chi connectivity index (χ4n) is 1.67. The largest absolute Gasteiger partial charge is 0.452 e. The number of benzene rings is 1. The topological polar surface area (TPSA) is 98.5 Å². The highest BCUT2D eigenvalue weighted by molar-refractivity contribution is 5.96. The van der Waals surface area contributed by atoms with Crippen LogP contribution in [0.5, 0.6) is 0 Å². The Labute approximate surface area is 121 Å². The highest BCUT2D eigenvalue weighted by Gasteiger charge is 2.27. The van der Waals surface area contributed by atoms with Crippen molar-refractivity contribution in [1.29, 1.82) is 0 Å². The summed E-state index contributed by atoms with van der Waals surface area (Å²) in [6.07, 6.45) is -1.48. The zero-order chi connectivity index (χ0) is 16.0. The van der Waals surface area contributed by atoms with E-state index in [9.17, 15) is 18.8 Å². The van der Waals surface area contributed by atoms with Crippen LogP contribution in [0.25, 0.3) is 0 Å². The summed E-state index contributed by atoms with van der Waals surface area (Å²) >= 11 is 0. The molecule has 1 aromatic carbocycles. The molecule has 0 aliphatic heterocycles. The maximum absolute atomic E-state index is 13.4. The number of nitrogens with two attached hydrogens (primary N) is 1. The summed E-state index contributed by atoms with van der Waals surface area (Å²) in [6.45, 7) is 3.28. The number of amides is 3. The standard InChI is InChI=1S/C14H17FN2O4/c1-8(2)12(13(19)17-14(16)20)21-11(18)7-9-5-3-4-6-10(9)15/h3-6,8,12H,7H2,1-2H3,(H3,16,17,19,20)/t12-/m1/s1. The van der Waals surface area contributed by atoms with Crippen molar-refractivity contribution in [2.24, 2.45) is 11.7 Å². The molecule has 0 bridgehead atoms. The second kappa shape index (κ2) is 7.37. The van der Waals surface area contributed by atoms with Gasteiger partial charge in [-0.1, -0.05) is 32.0 Å². The molecule has 21 heavy (non-hydrogen) atoms. The Balaban J connectivity index is 2.71. The van der Waals surface area contributed by atoms with Crippen molar-refractivity contribution in [2.75, 3.05) is 0 Å². The number of halogens is 1. The molecule has 0 fully saturated rings. The van der Waals surface area contributed by atoms with Crippen LogP contribution >= 0.6 is 0 Å². The number of imide groups is 1. The van der Waals surface area contributed by atoms with Gasteiger partial charge in [0, 0.05) is 0 Å². The number of carbonyl (C=O) groups excluding carboxylic acids is 3. The summed E-state index contributed by atoms with van der Waals surface area (Å²) in [5.74, 6) is -2.47. The molecule has 3 N–H and O–H groups in total. The first-order chi connectivity index (χ1) is 9.81. The van der Waals surface area contributed by atoms with Crippen LogP contribution in [0.3, 0.4) is 0 Å². The molecule has 1 rings (SSSR count). The van der Waals surface area contributed by atoms with Gasteiger partial charge in [-0.25, -0.2) is 9.18 Å². The third kappa shape index (κ3) is 5.21. The molecule has 6 nitrogen and oxygen atoms in total. The van der Waals surface area contributed by atoms with E-state index >= 15 is 0 Å². The lowest BCUT2D eigenvalue weighted by molar-refractivity contribution is -0.157. The average Bonchev–Trinajstić information content (AvgIpc) is 2.37. The molecule has 0 saturated carbocycles. The Hall–Kier alpha value is -2.44. The van der Waals surface area contributed by atoms with Gasteiger partial charge in [0.1, 0.15) is 5.82 Å². The van der Waals surface area contributed by atoms with Crippen molar-refractivity contribution in [3.05, 3.63) is 35.6 Å². The van der Waals surface area contributed by atoms with Gasteiger partial charge in [-0.2, -0.15) is 0 Å². The van der Waals surface area contributed by atoms with Crippen LogP contribution in [0.2, 0.25) is 0 Å². The van der Waals surface area contributed by atoms with E-state index in [1.807, 2.05) is 5.32 Å². The van der Waals surface area contributed by atoms with Crippen molar-refractivity contribution >= 4 is 17.9 Å². The first-order valence-corrected chi connectivity index (χ1v) is 6.34. The minimum Gasteiger partial charge on any atom is -0.452 e. The minimum absolute atomic E-state index is 0.167. The lowest BCUT2D eigenvalue weighted by atomic mass is 10.1. The van der Waals surface area contributed by atoms with Crippen LogP contribution in [0.1, 0.15) is 19.4 Å². The van der Waals surface area contributed by atoms with E-state index in [2.05, 4.69) is 0 Å². The van der Waals surface area contributed by atoms with E-state index in [-0.39, 0.29) is 17.9 Å². The first-order valence-electron chi connectivity index (χ1n) is 6.34. The zero-order valence-electron chi connectivity index (χ0n) is 11.8. The van der Waals surface area contributed by atoms with Crippen LogP contribution in [0.4, 0.5) is 9.18 Å². The van der Waals surface area contributed by atoms with Crippen molar-refractivity contribution in [1.82, 2.24) is 5.32 Å². The highest BCUT2D eigenvalue weighted by atomic mass is 19.1. The smallest absolute Gasteiger partial charge is 0.318 e. The van der Waals surface area contributed by atoms with Gasteiger partial charge in [-0.3, -0.25) is 14.9 Å². The lowest BCUT2D eigenvalue weighted by Crippen LogP contribution is -2.45. The summed E-state index contributed by atoms with van der Waals surface area (Å²) in [5, 5.41) is 1.85. The Bertz CT molecular complexity index is 546. The molecule has 3 amide bonds. The molecule has 0 saturated heterocycles. The normalized spacial score (nSPS) is 11.8. The summed E-state index contributed by atoms with van der Waals surface area (Å²) in [7, 11) is 0. The zero-order valence-corrected chi connectivity index (χ0v) is 11.8. The van der Waals surface area contributed by atoms with E-state index in [0.29, 0.717) is 0 Å². The molecule has 7 heteroatoms. The molecule has 0 radical (unpaired) electrons. The third-order valence-electron chi connectivity index (χ3n) is 2.66. The predicted molar refractivity (Wildman–Crippen MR) is 72.5 cm³/mol. The SMILES string of the molecule is CC(C)[C@@H](OC(=O)Cc1ccccc1F)C(=O)NC(N)=O. The number of esters is 1. The Morgan fingerprint density at radius 3 is 2.43 bits per heavy atom. The molecule has 1 aromatic rings. The second-order valence-corrected chi connectivity index (χ2v) is 4.78. The average molecular weight is 296 g/mol. The number of nitrogens with one attached hydrogen (secondary N) is 1. The van der Waals surface area contributed by atoms with E-state index in [0.717, 1.165) is 0 Å². The summed E-state index contributed by atoms with van der Waals surface area (Å²) in [6, 6.07) is 4.73. The fourth-order valence-corrected chi connectivity index (χ4v) is 1.67. The highest BCUT2D eigenvalue weighted by Crippen LogP contribution is 2.12. The number of hydrogen-bond donors (Lipinski definition) is 2. The molecule has 1 atom stereocenters. The Kier molecular flexibility index (Phi) is 5.83. The van der Waals surface area contributed by atoms with Gasteiger partial charge in [-0.05, 0) is 17.5 Å². The number of rotatable bonds is 5.